The molecule has 1 aliphatic heterocycles. The van der Waals surface area contributed by atoms with Gasteiger partial charge in [-0.3, -0.25) is 4.79 Å². The van der Waals surface area contributed by atoms with Gasteiger partial charge in [0.05, 0.1) is 5.54 Å². The van der Waals surface area contributed by atoms with Crippen LogP contribution in [0.4, 0.5) is 0 Å². The molecule has 1 atom stereocenters. The van der Waals surface area contributed by atoms with Gasteiger partial charge in [-0.05, 0) is 65.6 Å². The Morgan fingerprint density at radius 2 is 1.90 bits per heavy atom. The summed E-state index contributed by atoms with van der Waals surface area (Å²) >= 11 is 0. The topological polar surface area (TPSA) is 49.6 Å². The van der Waals surface area contributed by atoms with E-state index in [-0.39, 0.29) is 18.3 Å². The van der Waals surface area contributed by atoms with Gasteiger partial charge in [0.25, 0.3) is 0 Å². The van der Waals surface area contributed by atoms with Crippen LogP contribution in [0, 0.1) is 5.92 Å². The van der Waals surface area contributed by atoms with Crippen molar-refractivity contribution in [3.63, 3.8) is 0 Å². The van der Waals surface area contributed by atoms with E-state index in [4.69, 9.17) is 5.73 Å². The monoisotopic (exact) mass is 319 g/mol. The van der Waals surface area contributed by atoms with E-state index in [1.54, 1.807) is 0 Å². The Kier molecular flexibility index (Phi) is 9.50. The summed E-state index contributed by atoms with van der Waals surface area (Å²) in [6.07, 6.45) is 6.56. The molecule has 1 unspecified atom stereocenters. The molecule has 0 aromatic carbocycles. The van der Waals surface area contributed by atoms with E-state index < -0.39 is 5.54 Å². The van der Waals surface area contributed by atoms with Crippen molar-refractivity contribution in [3.8, 4) is 0 Å². The molecule has 1 rings (SSSR count). The third-order valence-corrected chi connectivity index (χ3v) is 4.38. The highest BCUT2D eigenvalue weighted by atomic mass is 35.5. The van der Waals surface area contributed by atoms with Crippen molar-refractivity contribution in [2.45, 2.75) is 57.9 Å². The molecule has 1 heterocycles. The molecule has 0 saturated carbocycles. The van der Waals surface area contributed by atoms with E-state index in [1.807, 2.05) is 11.8 Å². The standard InChI is InChI=1S/C16H33N3O.ClH/c1-5-10-16(2,17)15(20)19-12-8-14(9-13-19)7-6-11-18(3)4;/h14H,5-13,17H2,1-4H3;1H. The van der Waals surface area contributed by atoms with Crippen molar-refractivity contribution in [1.82, 2.24) is 9.80 Å². The summed E-state index contributed by atoms with van der Waals surface area (Å²) in [6.45, 7) is 6.90. The third-order valence-electron chi connectivity index (χ3n) is 4.38. The number of carbonyl (C=O) groups is 1. The fourth-order valence-corrected chi connectivity index (χ4v) is 3.11. The van der Waals surface area contributed by atoms with Crippen LogP contribution in [0.1, 0.15) is 52.4 Å². The molecule has 126 valence electrons. The summed E-state index contributed by atoms with van der Waals surface area (Å²) in [6, 6.07) is 0. The van der Waals surface area contributed by atoms with Crippen molar-refractivity contribution in [2.75, 3.05) is 33.7 Å². The predicted octanol–water partition coefficient (Wildman–Crippen LogP) is 2.51. The van der Waals surface area contributed by atoms with E-state index in [9.17, 15) is 4.79 Å². The first-order chi connectivity index (χ1) is 9.36. The number of rotatable bonds is 7. The normalized spacial score (nSPS) is 19.2. The van der Waals surface area contributed by atoms with Gasteiger partial charge in [0.15, 0.2) is 0 Å². The molecule has 0 aromatic rings. The van der Waals surface area contributed by atoms with Crippen molar-refractivity contribution < 1.29 is 4.79 Å². The Morgan fingerprint density at radius 3 is 2.38 bits per heavy atom. The number of piperidine rings is 1. The Labute approximate surface area is 136 Å². The minimum absolute atomic E-state index is 0. The largest absolute Gasteiger partial charge is 0.341 e. The summed E-state index contributed by atoms with van der Waals surface area (Å²) in [4.78, 5) is 16.6. The number of hydrogen-bond donors (Lipinski definition) is 1. The van der Waals surface area contributed by atoms with Crippen molar-refractivity contribution in [1.29, 1.82) is 0 Å². The van der Waals surface area contributed by atoms with E-state index >= 15 is 0 Å². The molecular weight excluding hydrogens is 286 g/mol. The van der Waals surface area contributed by atoms with Gasteiger partial charge < -0.3 is 15.5 Å². The quantitative estimate of drug-likeness (QED) is 0.784. The Hall–Kier alpha value is -0.320. The fourth-order valence-electron chi connectivity index (χ4n) is 3.11. The third kappa shape index (κ3) is 6.98. The molecule has 0 radical (unpaired) electrons. The van der Waals surface area contributed by atoms with Crippen molar-refractivity contribution in [3.05, 3.63) is 0 Å². The maximum atomic E-state index is 12.4. The Bertz CT molecular complexity index is 300. The van der Waals surface area contributed by atoms with Gasteiger partial charge in [0.2, 0.25) is 5.91 Å². The summed E-state index contributed by atoms with van der Waals surface area (Å²) in [7, 11) is 4.24. The van der Waals surface area contributed by atoms with Crippen LogP contribution in [-0.2, 0) is 4.79 Å². The molecular formula is C16H34ClN3O. The van der Waals surface area contributed by atoms with E-state index in [1.165, 1.54) is 12.8 Å². The van der Waals surface area contributed by atoms with E-state index in [0.717, 1.165) is 51.2 Å². The van der Waals surface area contributed by atoms with Gasteiger partial charge >= 0.3 is 0 Å². The van der Waals surface area contributed by atoms with Crippen LogP contribution in [0.25, 0.3) is 0 Å². The first-order valence-corrected chi connectivity index (χ1v) is 8.09. The van der Waals surface area contributed by atoms with Crippen LogP contribution in [0.15, 0.2) is 0 Å². The lowest BCUT2D eigenvalue weighted by Gasteiger charge is -2.37. The second kappa shape index (κ2) is 9.65. The van der Waals surface area contributed by atoms with Gasteiger partial charge in [-0.25, -0.2) is 0 Å². The van der Waals surface area contributed by atoms with Gasteiger partial charge in [0, 0.05) is 13.1 Å². The molecule has 0 bridgehead atoms. The second-order valence-corrected chi connectivity index (χ2v) is 6.85. The van der Waals surface area contributed by atoms with E-state index in [0.29, 0.717) is 0 Å². The smallest absolute Gasteiger partial charge is 0.242 e. The van der Waals surface area contributed by atoms with Crippen LogP contribution in [0.3, 0.4) is 0 Å². The highest BCUT2D eigenvalue weighted by molar-refractivity contribution is 5.86. The lowest BCUT2D eigenvalue weighted by atomic mass is 9.89. The van der Waals surface area contributed by atoms with Crippen molar-refractivity contribution >= 4 is 18.3 Å². The molecule has 5 heteroatoms. The molecule has 21 heavy (non-hydrogen) atoms. The first kappa shape index (κ1) is 20.7. The predicted molar refractivity (Wildman–Crippen MR) is 91.8 cm³/mol. The second-order valence-electron chi connectivity index (χ2n) is 6.85. The van der Waals surface area contributed by atoms with Gasteiger partial charge in [-0.2, -0.15) is 0 Å². The highest BCUT2D eigenvalue weighted by Crippen LogP contribution is 2.24. The molecule has 0 spiro atoms. The maximum absolute atomic E-state index is 12.4. The minimum Gasteiger partial charge on any atom is -0.341 e. The number of nitrogens with two attached hydrogens (primary N) is 1. The first-order valence-electron chi connectivity index (χ1n) is 8.09. The Morgan fingerprint density at radius 1 is 1.33 bits per heavy atom. The molecule has 0 aromatic heterocycles. The number of hydrogen-bond acceptors (Lipinski definition) is 3. The number of amides is 1. The van der Waals surface area contributed by atoms with Crippen LogP contribution in [0.2, 0.25) is 0 Å². The molecule has 1 fully saturated rings. The molecule has 2 N–H and O–H groups in total. The van der Waals surface area contributed by atoms with Gasteiger partial charge in [-0.1, -0.05) is 13.3 Å². The van der Waals surface area contributed by atoms with Crippen LogP contribution in [-0.4, -0.2) is 55.0 Å². The molecule has 0 aliphatic carbocycles. The Balaban J connectivity index is 0.00000400. The average Bonchev–Trinajstić information content (AvgIpc) is 2.38. The van der Waals surface area contributed by atoms with Crippen LogP contribution < -0.4 is 5.73 Å². The summed E-state index contributed by atoms with van der Waals surface area (Å²) in [5.41, 5.74) is 5.48. The van der Waals surface area contributed by atoms with Gasteiger partial charge in [-0.15, -0.1) is 12.4 Å². The van der Waals surface area contributed by atoms with Crippen LogP contribution >= 0.6 is 12.4 Å². The SMILES string of the molecule is CCCC(C)(N)C(=O)N1CCC(CCCN(C)C)CC1.Cl. The lowest BCUT2D eigenvalue weighted by molar-refractivity contribution is -0.138. The van der Waals surface area contributed by atoms with Crippen molar-refractivity contribution in [2.24, 2.45) is 11.7 Å². The zero-order chi connectivity index (χ0) is 15.2. The minimum atomic E-state index is -0.674. The van der Waals surface area contributed by atoms with Crippen LogP contribution in [0.5, 0.6) is 0 Å². The lowest BCUT2D eigenvalue weighted by Crippen LogP contribution is -2.54. The average molecular weight is 320 g/mol. The zero-order valence-corrected chi connectivity index (χ0v) is 15.0. The van der Waals surface area contributed by atoms with E-state index in [2.05, 4.69) is 25.9 Å². The summed E-state index contributed by atoms with van der Waals surface area (Å²) in [5.74, 6) is 0.931. The number of carbonyl (C=O) groups excluding carboxylic acids is 1. The number of nitrogens with zero attached hydrogens (tertiary/aromatic N) is 2. The fraction of sp³-hybridized carbons (Fsp3) is 0.938. The molecule has 1 saturated heterocycles. The maximum Gasteiger partial charge on any atom is 0.242 e. The summed E-state index contributed by atoms with van der Waals surface area (Å²) in [5, 5.41) is 0. The molecule has 1 amide bonds. The van der Waals surface area contributed by atoms with Gasteiger partial charge in [0.1, 0.15) is 0 Å². The zero-order valence-electron chi connectivity index (χ0n) is 14.2. The summed E-state index contributed by atoms with van der Waals surface area (Å²) < 4.78 is 0. The number of likely N-dealkylation sites (tertiary alicyclic amines) is 1. The number of halogens is 1. The molecule has 4 nitrogen and oxygen atoms in total. The molecule has 1 aliphatic rings. The highest BCUT2D eigenvalue weighted by Gasteiger charge is 2.33.